The van der Waals surface area contributed by atoms with Crippen LogP contribution in [0.25, 0.3) is 0 Å². The summed E-state index contributed by atoms with van der Waals surface area (Å²) in [6.07, 6.45) is 0. The molecule has 20 heavy (non-hydrogen) atoms. The first-order valence-electron chi connectivity index (χ1n) is 7.02. The van der Waals surface area contributed by atoms with Crippen LogP contribution < -0.4 is 10.8 Å². The van der Waals surface area contributed by atoms with E-state index in [4.69, 9.17) is 4.84 Å². The predicted molar refractivity (Wildman–Crippen MR) is 77.9 cm³/mol. The summed E-state index contributed by atoms with van der Waals surface area (Å²) >= 11 is 0. The lowest BCUT2D eigenvalue weighted by atomic mass is 10.0. The number of rotatable bonds is 5. The maximum atomic E-state index is 12.3. The molecule has 1 aromatic rings. The molecule has 0 saturated carbocycles. The van der Waals surface area contributed by atoms with Crippen LogP contribution in [0.5, 0.6) is 0 Å². The summed E-state index contributed by atoms with van der Waals surface area (Å²) in [6, 6.07) is 9.78. The zero-order chi connectivity index (χ0) is 14.4. The van der Waals surface area contributed by atoms with Crippen molar-refractivity contribution in [3.8, 4) is 0 Å². The Balaban J connectivity index is 1.81. The molecule has 1 saturated heterocycles. The number of nitrogens with one attached hydrogen (secondary N) is 2. The maximum Gasteiger partial charge on any atom is 0.263 e. The van der Waals surface area contributed by atoms with Gasteiger partial charge in [0.05, 0.1) is 12.1 Å². The first-order valence-corrected chi connectivity index (χ1v) is 7.02. The van der Waals surface area contributed by atoms with Crippen LogP contribution in [-0.2, 0) is 16.2 Å². The van der Waals surface area contributed by atoms with Crippen molar-refractivity contribution in [1.82, 2.24) is 15.7 Å². The fourth-order valence-electron chi connectivity index (χ4n) is 2.25. The Morgan fingerprint density at radius 2 is 1.95 bits per heavy atom. The summed E-state index contributed by atoms with van der Waals surface area (Å²) in [7, 11) is 0. The molecule has 0 aliphatic carbocycles. The van der Waals surface area contributed by atoms with Crippen LogP contribution >= 0.6 is 0 Å². The second-order valence-electron chi connectivity index (χ2n) is 5.50. The Bertz CT molecular complexity index is 428. The molecular formula is C15H23N3O2. The van der Waals surface area contributed by atoms with Gasteiger partial charge in [0, 0.05) is 26.2 Å². The van der Waals surface area contributed by atoms with Gasteiger partial charge in [0.2, 0.25) is 0 Å². The van der Waals surface area contributed by atoms with Gasteiger partial charge in [-0.05, 0) is 19.4 Å². The molecule has 5 heteroatoms. The molecular weight excluding hydrogens is 254 g/mol. The van der Waals surface area contributed by atoms with E-state index in [1.54, 1.807) is 0 Å². The van der Waals surface area contributed by atoms with Crippen molar-refractivity contribution in [1.29, 1.82) is 0 Å². The van der Waals surface area contributed by atoms with E-state index in [0.717, 1.165) is 31.7 Å². The van der Waals surface area contributed by atoms with Gasteiger partial charge in [-0.2, -0.15) is 0 Å². The molecule has 0 spiro atoms. The van der Waals surface area contributed by atoms with Crippen molar-refractivity contribution in [2.24, 2.45) is 0 Å². The van der Waals surface area contributed by atoms with Gasteiger partial charge in [-0.25, -0.2) is 5.48 Å². The molecule has 0 bridgehead atoms. The maximum absolute atomic E-state index is 12.3. The van der Waals surface area contributed by atoms with E-state index in [9.17, 15) is 4.79 Å². The summed E-state index contributed by atoms with van der Waals surface area (Å²) < 4.78 is 0. The number of amides is 1. The van der Waals surface area contributed by atoms with Crippen molar-refractivity contribution in [3.05, 3.63) is 35.9 Å². The monoisotopic (exact) mass is 277 g/mol. The molecule has 1 aliphatic rings. The minimum Gasteiger partial charge on any atom is -0.314 e. The van der Waals surface area contributed by atoms with Gasteiger partial charge < -0.3 is 5.32 Å². The SMILES string of the molecule is CC(C)(C(=O)NOCc1ccccc1)N1CCNCC1. The molecule has 110 valence electrons. The fourth-order valence-corrected chi connectivity index (χ4v) is 2.25. The van der Waals surface area contributed by atoms with Crippen LogP contribution in [0.4, 0.5) is 0 Å². The molecule has 0 aromatic heterocycles. The molecule has 1 aromatic carbocycles. The summed E-state index contributed by atoms with van der Waals surface area (Å²) in [5, 5.41) is 3.29. The zero-order valence-corrected chi connectivity index (χ0v) is 12.2. The van der Waals surface area contributed by atoms with Crippen LogP contribution in [0.1, 0.15) is 19.4 Å². The highest BCUT2D eigenvalue weighted by Crippen LogP contribution is 2.15. The van der Waals surface area contributed by atoms with Crippen LogP contribution in [0.15, 0.2) is 30.3 Å². The summed E-state index contributed by atoms with van der Waals surface area (Å²) in [5.74, 6) is -0.102. The third-order valence-electron chi connectivity index (χ3n) is 3.71. The van der Waals surface area contributed by atoms with Gasteiger partial charge in [-0.3, -0.25) is 14.5 Å². The number of hydrogen-bond donors (Lipinski definition) is 2. The number of carbonyl (C=O) groups is 1. The minimum atomic E-state index is -0.557. The van der Waals surface area contributed by atoms with Crippen LogP contribution in [-0.4, -0.2) is 42.5 Å². The molecule has 0 radical (unpaired) electrons. The lowest BCUT2D eigenvalue weighted by Crippen LogP contribution is -2.59. The lowest BCUT2D eigenvalue weighted by molar-refractivity contribution is -0.146. The molecule has 5 nitrogen and oxygen atoms in total. The normalized spacial score (nSPS) is 16.9. The number of hydroxylamine groups is 1. The average Bonchev–Trinajstić information content (AvgIpc) is 2.49. The largest absolute Gasteiger partial charge is 0.314 e. The summed E-state index contributed by atoms with van der Waals surface area (Å²) in [6.45, 7) is 7.82. The average molecular weight is 277 g/mol. The number of carbonyl (C=O) groups excluding carboxylic acids is 1. The van der Waals surface area contributed by atoms with Crippen LogP contribution in [0.3, 0.4) is 0 Å². The van der Waals surface area contributed by atoms with Crippen molar-refractivity contribution in [2.75, 3.05) is 26.2 Å². The van der Waals surface area contributed by atoms with Crippen LogP contribution in [0.2, 0.25) is 0 Å². The fraction of sp³-hybridized carbons (Fsp3) is 0.533. The Labute approximate surface area is 120 Å². The van der Waals surface area contributed by atoms with Crippen LogP contribution in [0, 0.1) is 0 Å². The van der Waals surface area contributed by atoms with E-state index in [1.807, 2.05) is 44.2 Å². The first-order chi connectivity index (χ1) is 9.60. The second kappa shape index (κ2) is 6.83. The van der Waals surface area contributed by atoms with Gasteiger partial charge in [-0.15, -0.1) is 0 Å². The number of piperazine rings is 1. The highest BCUT2D eigenvalue weighted by atomic mass is 16.7. The van der Waals surface area contributed by atoms with E-state index in [2.05, 4.69) is 15.7 Å². The Morgan fingerprint density at radius 3 is 2.60 bits per heavy atom. The minimum absolute atomic E-state index is 0.102. The van der Waals surface area contributed by atoms with Crippen molar-refractivity contribution < 1.29 is 9.63 Å². The van der Waals surface area contributed by atoms with Crippen molar-refractivity contribution >= 4 is 5.91 Å². The van der Waals surface area contributed by atoms with Crippen molar-refractivity contribution in [2.45, 2.75) is 26.0 Å². The van der Waals surface area contributed by atoms with E-state index >= 15 is 0 Å². The van der Waals surface area contributed by atoms with Gasteiger partial charge in [0.25, 0.3) is 5.91 Å². The number of nitrogens with zero attached hydrogens (tertiary/aromatic N) is 1. The van der Waals surface area contributed by atoms with E-state index in [0.29, 0.717) is 6.61 Å². The molecule has 2 N–H and O–H groups in total. The smallest absolute Gasteiger partial charge is 0.263 e. The standard InChI is InChI=1S/C15H23N3O2/c1-15(2,18-10-8-16-9-11-18)14(19)17-20-12-13-6-4-3-5-7-13/h3-7,16H,8-12H2,1-2H3,(H,17,19). The molecule has 0 atom stereocenters. The quantitative estimate of drug-likeness (QED) is 0.786. The third-order valence-corrected chi connectivity index (χ3v) is 3.71. The molecule has 1 amide bonds. The topological polar surface area (TPSA) is 53.6 Å². The molecule has 2 rings (SSSR count). The Morgan fingerprint density at radius 1 is 1.30 bits per heavy atom. The van der Waals surface area contributed by atoms with Gasteiger partial charge in [0.1, 0.15) is 0 Å². The summed E-state index contributed by atoms with van der Waals surface area (Å²) in [5.41, 5.74) is 3.05. The molecule has 1 fully saturated rings. The first kappa shape index (κ1) is 15.0. The van der Waals surface area contributed by atoms with Gasteiger partial charge >= 0.3 is 0 Å². The zero-order valence-electron chi connectivity index (χ0n) is 12.2. The van der Waals surface area contributed by atoms with Gasteiger partial charge in [0.15, 0.2) is 0 Å². The van der Waals surface area contributed by atoms with E-state index in [-0.39, 0.29) is 5.91 Å². The third kappa shape index (κ3) is 3.79. The summed E-state index contributed by atoms with van der Waals surface area (Å²) in [4.78, 5) is 19.7. The van der Waals surface area contributed by atoms with Gasteiger partial charge in [-0.1, -0.05) is 30.3 Å². The highest BCUT2D eigenvalue weighted by Gasteiger charge is 2.35. The highest BCUT2D eigenvalue weighted by molar-refractivity contribution is 5.84. The number of benzene rings is 1. The Hall–Kier alpha value is -1.43. The second-order valence-corrected chi connectivity index (χ2v) is 5.50. The molecule has 1 heterocycles. The van der Waals surface area contributed by atoms with Crippen molar-refractivity contribution in [3.63, 3.8) is 0 Å². The lowest BCUT2D eigenvalue weighted by Gasteiger charge is -2.39. The number of hydrogen-bond acceptors (Lipinski definition) is 4. The predicted octanol–water partition coefficient (Wildman–Crippen LogP) is 0.918. The molecule has 0 unspecified atom stereocenters. The van der Waals surface area contributed by atoms with E-state index < -0.39 is 5.54 Å². The molecule has 1 aliphatic heterocycles. The van der Waals surface area contributed by atoms with E-state index in [1.165, 1.54) is 0 Å². The Kier molecular flexibility index (Phi) is 5.11.